The Morgan fingerprint density at radius 1 is 1.45 bits per heavy atom. The molecule has 1 N–H and O–H groups in total. The van der Waals surface area contributed by atoms with E-state index in [2.05, 4.69) is 41.7 Å². The molecule has 0 radical (unpaired) electrons. The number of hydrogen-bond acceptors (Lipinski definition) is 3. The summed E-state index contributed by atoms with van der Waals surface area (Å²) < 4.78 is 7.39. The summed E-state index contributed by atoms with van der Waals surface area (Å²) in [7, 11) is 1.95. The van der Waals surface area contributed by atoms with E-state index < -0.39 is 0 Å². The molecule has 1 aliphatic heterocycles. The number of benzene rings is 1. The van der Waals surface area contributed by atoms with Crippen molar-refractivity contribution in [2.24, 2.45) is 7.05 Å². The monoisotopic (exact) mass is 271 g/mol. The number of fused-ring (bicyclic) bond motifs is 1. The van der Waals surface area contributed by atoms with Gasteiger partial charge in [0.25, 0.3) is 0 Å². The summed E-state index contributed by atoms with van der Waals surface area (Å²) in [4.78, 5) is 0. The minimum absolute atomic E-state index is 0.359. The van der Waals surface area contributed by atoms with Crippen molar-refractivity contribution in [2.45, 2.75) is 25.8 Å². The van der Waals surface area contributed by atoms with Gasteiger partial charge in [-0.15, -0.1) is 0 Å². The van der Waals surface area contributed by atoms with Crippen LogP contribution in [0.15, 0.2) is 30.6 Å². The standard InChI is InChI=1S/C16H21N3O/c1-12(17-7-5-13-10-18-19(2)11-13)14-3-4-16-15(9-14)6-8-20-16/h3-4,9-12,17H,5-8H2,1-2H3. The number of rotatable bonds is 5. The molecule has 1 aromatic heterocycles. The molecule has 0 amide bonds. The average molecular weight is 271 g/mol. The van der Waals surface area contributed by atoms with Gasteiger partial charge in [0.1, 0.15) is 5.75 Å². The van der Waals surface area contributed by atoms with Crippen LogP contribution in [0.25, 0.3) is 0 Å². The highest BCUT2D eigenvalue weighted by Gasteiger charge is 2.14. The molecule has 0 aliphatic carbocycles. The van der Waals surface area contributed by atoms with E-state index in [0.717, 1.165) is 31.7 Å². The van der Waals surface area contributed by atoms with Crippen molar-refractivity contribution in [3.8, 4) is 5.75 Å². The van der Waals surface area contributed by atoms with Crippen molar-refractivity contribution in [1.29, 1.82) is 0 Å². The first-order valence-electron chi connectivity index (χ1n) is 7.19. The summed E-state index contributed by atoms with van der Waals surface area (Å²) in [5, 5.41) is 7.76. The van der Waals surface area contributed by atoms with Gasteiger partial charge >= 0.3 is 0 Å². The Morgan fingerprint density at radius 3 is 3.15 bits per heavy atom. The van der Waals surface area contributed by atoms with Crippen molar-refractivity contribution in [2.75, 3.05) is 13.2 Å². The molecule has 1 atom stereocenters. The van der Waals surface area contributed by atoms with Crippen molar-refractivity contribution in [3.05, 3.63) is 47.3 Å². The molecule has 0 bridgehead atoms. The van der Waals surface area contributed by atoms with Gasteiger partial charge in [0, 0.05) is 25.7 Å². The molecule has 1 aliphatic rings. The fraction of sp³-hybridized carbons (Fsp3) is 0.438. The normalized spacial score (nSPS) is 14.9. The Bertz CT molecular complexity index is 591. The van der Waals surface area contributed by atoms with E-state index in [1.165, 1.54) is 16.7 Å². The minimum Gasteiger partial charge on any atom is -0.493 e. The quantitative estimate of drug-likeness (QED) is 0.906. The number of hydrogen-bond donors (Lipinski definition) is 1. The number of aromatic nitrogens is 2. The first kappa shape index (κ1) is 13.2. The maximum Gasteiger partial charge on any atom is 0.122 e. The van der Waals surface area contributed by atoms with Crippen molar-refractivity contribution in [3.63, 3.8) is 0 Å². The molecular formula is C16H21N3O. The Kier molecular flexibility index (Phi) is 3.74. The van der Waals surface area contributed by atoms with Crippen LogP contribution in [0, 0.1) is 0 Å². The summed E-state index contributed by atoms with van der Waals surface area (Å²) in [5.74, 6) is 1.05. The Labute approximate surface area is 119 Å². The molecule has 0 saturated heterocycles. The molecule has 1 aromatic carbocycles. The zero-order valence-electron chi connectivity index (χ0n) is 12.1. The Balaban J connectivity index is 1.55. The van der Waals surface area contributed by atoms with Crippen LogP contribution in [0.1, 0.15) is 29.7 Å². The maximum atomic E-state index is 5.54. The van der Waals surface area contributed by atoms with Crippen LogP contribution >= 0.6 is 0 Å². The zero-order valence-corrected chi connectivity index (χ0v) is 12.1. The summed E-state index contributed by atoms with van der Waals surface area (Å²) in [6.45, 7) is 3.99. The molecule has 0 saturated carbocycles. The maximum absolute atomic E-state index is 5.54. The van der Waals surface area contributed by atoms with Crippen LogP contribution in [0.2, 0.25) is 0 Å². The second-order valence-corrected chi connectivity index (χ2v) is 5.41. The third kappa shape index (κ3) is 2.85. The predicted octanol–water partition coefficient (Wildman–Crippen LogP) is 2.25. The van der Waals surface area contributed by atoms with E-state index in [1.54, 1.807) is 0 Å². The summed E-state index contributed by atoms with van der Waals surface area (Å²) in [6.07, 6.45) is 6.04. The molecule has 106 valence electrons. The third-order valence-corrected chi connectivity index (χ3v) is 3.84. The second-order valence-electron chi connectivity index (χ2n) is 5.41. The smallest absolute Gasteiger partial charge is 0.122 e. The highest BCUT2D eigenvalue weighted by atomic mass is 16.5. The molecular weight excluding hydrogens is 250 g/mol. The highest BCUT2D eigenvalue weighted by Crippen LogP contribution is 2.27. The van der Waals surface area contributed by atoms with Crippen LogP contribution in [0.4, 0.5) is 0 Å². The van der Waals surface area contributed by atoms with E-state index in [4.69, 9.17) is 4.74 Å². The van der Waals surface area contributed by atoms with E-state index in [-0.39, 0.29) is 0 Å². The average Bonchev–Trinajstić information content (AvgIpc) is 3.06. The Morgan fingerprint density at radius 2 is 2.35 bits per heavy atom. The van der Waals surface area contributed by atoms with Crippen molar-refractivity contribution < 1.29 is 4.74 Å². The van der Waals surface area contributed by atoms with E-state index in [1.807, 2.05) is 17.9 Å². The first-order chi connectivity index (χ1) is 9.72. The molecule has 20 heavy (non-hydrogen) atoms. The SMILES string of the molecule is CC(NCCc1cnn(C)c1)c1ccc2c(c1)CCO2. The summed E-state index contributed by atoms with van der Waals surface area (Å²) >= 11 is 0. The lowest BCUT2D eigenvalue weighted by atomic mass is 10.0. The molecule has 2 aromatic rings. The number of nitrogens with zero attached hydrogens (tertiary/aromatic N) is 2. The Hall–Kier alpha value is -1.81. The van der Waals surface area contributed by atoms with E-state index >= 15 is 0 Å². The minimum atomic E-state index is 0.359. The molecule has 0 spiro atoms. The summed E-state index contributed by atoms with van der Waals surface area (Å²) in [6, 6.07) is 6.88. The van der Waals surface area contributed by atoms with Crippen molar-refractivity contribution >= 4 is 0 Å². The number of aryl methyl sites for hydroxylation is 1. The van der Waals surface area contributed by atoms with Gasteiger partial charge in [-0.2, -0.15) is 5.10 Å². The fourth-order valence-electron chi connectivity index (χ4n) is 2.63. The molecule has 4 nitrogen and oxygen atoms in total. The van der Waals surface area contributed by atoms with Gasteiger partial charge < -0.3 is 10.1 Å². The molecule has 3 rings (SSSR count). The third-order valence-electron chi connectivity index (χ3n) is 3.84. The van der Waals surface area contributed by atoms with Gasteiger partial charge in [-0.3, -0.25) is 4.68 Å². The fourth-order valence-corrected chi connectivity index (χ4v) is 2.63. The highest BCUT2D eigenvalue weighted by molar-refractivity contribution is 5.40. The van der Waals surface area contributed by atoms with Gasteiger partial charge in [-0.25, -0.2) is 0 Å². The number of ether oxygens (including phenoxy) is 1. The number of nitrogens with one attached hydrogen (secondary N) is 1. The lowest BCUT2D eigenvalue weighted by Gasteiger charge is -2.14. The van der Waals surface area contributed by atoms with Gasteiger partial charge in [0.2, 0.25) is 0 Å². The second kappa shape index (κ2) is 5.67. The van der Waals surface area contributed by atoms with Gasteiger partial charge in [-0.1, -0.05) is 12.1 Å². The van der Waals surface area contributed by atoms with E-state index in [9.17, 15) is 0 Å². The molecule has 2 heterocycles. The molecule has 4 heteroatoms. The van der Waals surface area contributed by atoms with Crippen LogP contribution < -0.4 is 10.1 Å². The van der Waals surface area contributed by atoms with Crippen LogP contribution in [0.3, 0.4) is 0 Å². The van der Waals surface area contributed by atoms with Crippen molar-refractivity contribution in [1.82, 2.24) is 15.1 Å². The lowest BCUT2D eigenvalue weighted by Crippen LogP contribution is -2.21. The van der Waals surface area contributed by atoms with E-state index in [0.29, 0.717) is 6.04 Å². The molecule has 1 unspecified atom stereocenters. The summed E-state index contributed by atoms with van der Waals surface area (Å²) in [5.41, 5.74) is 3.94. The predicted molar refractivity (Wildman–Crippen MR) is 79.0 cm³/mol. The van der Waals surface area contributed by atoms with Gasteiger partial charge in [-0.05, 0) is 42.6 Å². The first-order valence-corrected chi connectivity index (χ1v) is 7.19. The van der Waals surface area contributed by atoms with Crippen LogP contribution in [-0.2, 0) is 19.9 Å². The largest absolute Gasteiger partial charge is 0.493 e. The van der Waals surface area contributed by atoms with Crippen LogP contribution in [0.5, 0.6) is 5.75 Å². The van der Waals surface area contributed by atoms with Gasteiger partial charge in [0.05, 0.1) is 12.8 Å². The van der Waals surface area contributed by atoms with Gasteiger partial charge in [0.15, 0.2) is 0 Å². The lowest BCUT2D eigenvalue weighted by molar-refractivity contribution is 0.356. The zero-order chi connectivity index (χ0) is 13.9. The topological polar surface area (TPSA) is 39.1 Å². The molecule has 0 fully saturated rings. The van der Waals surface area contributed by atoms with Crippen LogP contribution in [-0.4, -0.2) is 22.9 Å².